The van der Waals surface area contributed by atoms with E-state index in [9.17, 15) is 0 Å². The Balaban J connectivity index is 3.01. The molecule has 0 spiro atoms. The summed E-state index contributed by atoms with van der Waals surface area (Å²) in [5, 5.41) is 0.903. The number of imidazole rings is 1. The smallest absolute Gasteiger partial charge is 0.242 e. The number of aryl methyl sites for hydroxylation is 2. The van der Waals surface area contributed by atoms with Gasteiger partial charge < -0.3 is 12.6 Å². The van der Waals surface area contributed by atoms with Crippen LogP contribution in [-0.4, -0.2) is 4.57 Å². The third kappa shape index (κ3) is 1.21. The van der Waals surface area contributed by atoms with Crippen molar-refractivity contribution in [1.29, 1.82) is 0 Å². The molecule has 0 atom stereocenters. The number of aromatic nitrogens is 2. The lowest BCUT2D eigenvalue weighted by Crippen LogP contribution is -2.23. The minimum Gasteiger partial charge on any atom is -0.734 e. The predicted molar refractivity (Wildman–Crippen MR) is 36.9 cm³/mol. The molecule has 3 heteroatoms. The van der Waals surface area contributed by atoms with Crippen LogP contribution < -0.4 is 4.57 Å². The van der Waals surface area contributed by atoms with Crippen molar-refractivity contribution in [2.75, 3.05) is 0 Å². The van der Waals surface area contributed by atoms with Crippen molar-refractivity contribution < 1.29 is 4.57 Å². The van der Waals surface area contributed by atoms with Gasteiger partial charge in [-0.25, -0.2) is 4.57 Å². The summed E-state index contributed by atoms with van der Waals surface area (Å²) in [6.07, 6.45) is 3.92. The second-order valence-electron chi connectivity index (χ2n) is 2.03. The van der Waals surface area contributed by atoms with Crippen LogP contribution in [0.1, 0.15) is 6.92 Å². The number of hydrogen-bond acceptors (Lipinski definition) is 1. The molecule has 0 unspecified atom stereocenters. The Hall–Kier alpha value is -0.570. The van der Waals surface area contributed by atoms with Crippen molar-refractivity contribution in [3.8, 4) is 0 Å². The molecule has 2 nitrogen and oxygen atoms in total. The molecular weight excluding hydrogens is 132 g/mol. The van der Waals surface area contributed by atoms with Gasteiger partial charge in [-0.05, 0) is 6.92 Å². The van der Waals surface area contributed by atoms with Gasteiger partial charge >= 0.3 is 0 Å². The van der Waals surface area contributed by atoms with Gasteiger partial charge in [-0.15, -0.1) is 0 Å². The minimum atomic E-state index is 0.903. The van der Waals surface area contributed by atoms with Gasteiger partial charge in [-0.2, -0.15) is 0 Å². The summed E-state index contributed by atoms with van der Waals surface area (Å²) in [7, 11) is 1.97. The second-order valence-corrected chi connectivity index (χ2v) is 2.45. The molecule has 0 aliphatic rings. The Morgan fingerprint density at radius 3 is 2.67 bits per heavy atom. The van der Waals surface area contributed by atoms with E-state index in [1.165, 1.54) is 0 Å². The van der Waals surface area contributed by atoms with E-state index in [1.807, 2.05) is 28.7 Å². The highest BCUT2D eigenvalue weighted by Crippen LogP contribution is 1.92. The normalized spacial score (nSPS) is 10.0. The Kier molecular flexibility index (Phi) is 1.71. The molecule has 50 valence electrons. The molecule has 0 saturated carbocycles. The lowest BCUT2D eigenvalue weighted by Gasteiger charge is -1.97. The van der Waals surface area contributed by atoms with Crippen molar-refractivity contribution >= 4 is 12.6 Å². The first-order chi connectivity index (χ1) is 4.24. The lowest BCUT2D eigenvalue weighted by atomic mass is 10.7. The topological polar surface area (TPSA) is 8.81 Å². The van der Waals surface area contributed by atoms with Crippen LogP contribution in [-0.2, 0) is 26.2 Å². The van der Waals surface area contributed by atoms with E-state index in [2.05, 4.69) is 6.92 Å². The molecular formula is C6H10N2S. The zero-order valence-corrected chi connectivity index (χ0v) is 6.48. The number of nitrogens with zero attached hydrogens (tertiary/aromatic N) is 2. The first-order valence-corrected chi connectivity index (χ1v) is 3.37. The lowest BCUT2D eigenvalue weighted by molar-refractivity contribution is -0.671. The Morgan fingerprint density at radius 1 is 1.78 bits per heavy atom. The summed E-state index contributed by atoms with van der Waals surface area (Å²) in [6, 6.07) is 0. The monoisotopic (exact) mass is 142 g/mol. The molecule has 0 aliphatic heterocycles. The Bertz CT molecular complexity index is 205. The maximum Gasteiger partial charge on any atom is 0.242 e. The van der Waals surface area contributed by atoms with Gasteiger partial charge in [0.05, 0.1) is 13.6 Å². The minimum absolute atomic E-state index is 0.903. The fraction of sp³-hybridized carbons (Fsp3) is 0.500. The van der Waals surface area contributed by atoms with Gasteiger partial charge in [-0.3, -0.25) is 4.57 Å². The molecule has 9 heavy (non-hydrogen) atoms. The van der Waals surface area contributed by atoms with Crippen molar-refractivity contribution in [3.63, 3.8) is 0 Å². The summed E-state index contributed by atoms with van der Waals surface area (Å²) in [6.45, 7) is 3.04. The molecule has 0 bridgehead atoms. The van der Waals surface area contributed by atoms with E-state index in [0.29, 0.717) is 0 Å². The Morgan fingerprint density at radius 2 is 2.44 bits per heavy atom. The summed E-state index contributed by atoms with van der Waals surface area (Å²) in [4.78, 5) is 0. The van der Waals surface area contributed by atoms with Gasteiger partial charge in [0, 0.05) is 5.03 Å². The van der Waals surface area contributed by atoms with Crippen molar-refractivity contribution in [3.05, 3.63) is 12.5 Å². The molecule has 1 aromatic rings. The van der Waals surface area contributed by atoms with Crippen LogP contribution in [0.4, 0.5) is 0 Å². The zero-order chi connectivity index (χ0) is 6.85. The molecule has 1 aromatic heterocycles. The van der Waals surface area contributed by atoms with Crippen molar-refractivity contribution in [1.82, 2.24) is 4.57 Å². The van der Waals surface area contributed by atoms with Gasteiger partial charge in [0.15, 0.2) is 0 Å². The SMILES string of the molecule is CCn1c[n+](C)cc1[S-]. The average molecular weight is 142 g/mol. The van der Waals surface area contributed by atoms with Gasteiger partial charge in [-0.1, -0.05) is 0 Å². The highest BCUT2D eigenvalue weighted by Gasteiger charge is 1.95. The van der Waals surface area contributed by atoms with Crippen LogP contribution in [0.25, 0.3) is 0 Å². The molecule has 0 aliphatic carbocycles. The van der Waals surface area contributed by atoms with E-state index in [-0.39, 0.29) is 0 Å². The largest absolute Gasteiger partial charge is 0.734 e. The number of hydrogen-bond donors (Lipinski definition) is 0. The first kappa shape index (κ1) is 6.55. The van der Waals surface area contributed by atoms with Gasteiger partial charge in [0.1, 0.15) is 6.20 Å². The third-order valence-electron chi connectivity index (χ3n) is 1.26. The highest BCUT2D eigenvalue weighted by molar-refractivity contribution is 7.58. The maximum absolute atomic E-state index is 5.01. The van der Waals surface area contributed by atoms with E-state index in [0.717, 1.165) is 11.6 Å². The van der Waals surface area contributed by atoms with E-state index in [1.54, 1.807) is 0 Å². The molecule has 0 N–H and O–H groups in total. The van der Waals surface area contributed by atoms with Crippen molar-refractivity contribution in [2.45, 2.75) is 18.5 Å². The summed E-state index contributed by atoms with van der Waals surface area (Å²) < 4.78 is 3.99. The van der Waals surface area contributed by atoms with Crippen LogP contribution >= 0.6 is 0 Å². The average Bonchev–Trinajstić information content (AvgIpc) is 2.10. The summed E-state index contributed by atoms with van der Waals surface area (Å²) in [5.74, 6) is 0. The van der Waals surface area contributed by atoms with Crippen LogP contribution in [0.3, 0.4) is 0 Å². The van der Waals surface area contributed by atoms with Crippen LogP contribution in [0, 0.1) is 0 Å². The highest BCUT2D eigenvalue weighted by atomic mass is 32.1. The van der Waals surface area contributed by atoms with E-state index < -0.39 is 0 Å². The van der Waals surface area contributed by atoms with Crippen LogP contribution in [0.2, 0.25) is 0 Å². The molecule has 0 amide bonds. The molecule has 0 aromatic carbocycles. The van der Waals surface area contributed by atoms with E-state index in [4.69, 9.17) is 12.6 Å². The van der Waals surface area contributed by atoms with Gasteiger partial charge in [0.25, 0.3) is 0 Å². The van der Waals surface area contributed by atoms with Crippen LogP contribution in [0.15, 0.2) is 17.6 Å². The first-order valence-electron chi connectivity index (χ1n) is 2.96. The summed E-state index contributed by atoms with van der Waals surface area (Å²) >= 11 is 5.01. The molecule has 0 fully saturated rings. The summed E-state index contributed by atoms with van der Waals surface area (Å²) in [5.41, 5.74) is 0. The molecule has 1 heterocycles. The van der Waals surface area contributed by atoms with E-state index >= 15 is 0 Å². The Labute approximate surface area is 60.5 Å². The standard InChI is InChI=1S/C6H10N2S/c1-3-8-5-7(2)4-6(8)9/h4-5H,3H2,1-2H3. The zero-order valence-electron chi connectivity index (χ0n) is 5.66. The fourth-order valence-electron chi connectivity index (χ4n) is 0.796. The molecule has 0 saturated heterocycles. The molecule has 0 radical (unpaired) electrons. The quantitative estimate of drug-likeness (QED) is 0.403. The van der Waals surface area contributed by atoms with Gasteiger partial charge in [0.2, 0.25) is 6.33 Å². The fourth-order valence-corrected chi connectivity index (χ4v) is 1.14. The second kappa shape index (κ2) is 2.35. The maximum atomic E-state index is 5.01. The predicted octanol–water partition coefficient (Wildman–Crippen LogP) is 0.238. The van der Waals surface area contributed by atoms with Crippen molar-refractivity contribution in [2.24, 2.45) is 7.05 Å². The molecule has 1 rings (SSSR count). The number of rotatable bonds is 1. The van der Waals surface area contributed by atoms with Crippen LogP contribution in [0.5, 0.6) is 0 Å². The third-order valence-corrected chi connectivity index (χ3v) is 1.60.